The Morgan fingerprint density at radius 1 is 0.846 bits per heavy atom. The monoisotopic (exact) mass is 179 g/mol. The minimum atomic E-state index is -0.0443. The second kappa shape index (κ2) is 5.69. The average molecular weight is 179 g/mol. The van der Waals surface area contributed by atoms with Crippen LogP contribution in [-0.2, 0) is 0 Å². The van der Waals surface area contributed by atoms with Crippen LogP contribution >= 0.6 is 0 Å². The highest BCUT2D eigenvalue weighted by Gasteiger charge is 2.21. The molecule has 0 amide bonds. The molecule has 0 unspecified atom stereocenters. The maximum Gasteiger partial charge on any atom is 0.0763 e. The Bertz CT molecular complexity index is 126. The van der Waals surface area contributed by atoms with Gasteiger partial charge in [-0.05, 0) is 6.54 Å². The Morgan fingerprint density at radius 3 is 1.62 bits per heavy atom. The lowest BCUT2D eigenvalue weighted by Crippen LogP contribution is -2.24. The third-order valence-electron chi connectivity index (χ3n) is 3.26. The van der Waals surface area contributed by atoms with Crippen molar-refractivity contribution in [3.63, 3.8) is 0 Å². The molecule has 0 aromatic heterocycles. The van der Waals surface area contributed by atoms with E-state index in [9.17, 15) is 0 Å². The predicted octanol–water partition coefficient (Wildman–Crippen LogP) is 2.80. The van der Waals surface area contributed by atoms with Gasteiger partial charge in [0, 0.05) is 0 Å². The molecular formula is C11H22BN. The molecule has 1 aliphatic rings. The summed E-state index contributed by atoms with van der Waals surface area (Å²) >= 11 is 0. The molecule has 1 saturated carbocycles. The maximum absolute atomic E-state index is 6.22. The van der Waals surface area contributed by atoms with Crippen LogP contribution in [0.3, 0.4) is 0 Å². The average Bonchev–Trinajstić information content (AvgIpc) is 2.16. The fraction of sp³-hybridized carbons (Fsp3) is 1.00. The van der Waals surface area contributed by atoms with E-state index in [1.54, 1.807) is 0 Å². The van der Waals surface area contributed by atoms with E-state index < -0.39 is 0 Å². The summed E-state index contributed by atoms with van der Waals surface area (Å²) in [4.78, 5) is 0. The lowest BCUT2D eigenvalue weighted by molar-refractivity contribution is 0.413. The smallest absolute Gasteiger partial charge is 0.0763 e. The van der Waals surface area contributed by atoms with Gasteiger partial charge >= 0.3 is 0 Å². The molecule has 1 aliphatic carbocycles. The summed E-state index contributed by atoms with van der Waals surface area (Å²) in [5.41, 5.74) is 5.72. The van der Waals surface area contributed by atoms with Gasteiger partial charge in [0.25, 0.3) is 0 Å². The first-order valence-electron chi connectivity index (χ1n) is 5.76. The van der Waals surface area contributed by atoms with Crippen molar-refractivity contribution in [2.75, 3.05) is 6.54 Å². The molecule has 0 aliphatic heterocycles. The van der Waals surface area contributed by atoms with Gasteiger partial charge in [-0.2, -0.15) is 0 Å². The predicted molar refractivity (Wildman–Crippen MR) is 59.1 cm³/mol. The molecule has 13 heavy (non-hydrogen) atoms. The second-order valence-corrected chi connectivity index (χ2v) is 4.54. The van der Waals surface area contributed by atoms with Crippen LogP contribution in [0.5, 0.6) is 0 Å². The molecule has 74 valence electrons. The largest absolute Gasteiger partial charge is 0.331 e. The Kier molecular flexibility index (Phi) is 4.86. The second-order valence-electron chi connectivity index (χ2n) is 4.54. The van der Waals surface area contributed by atoms with Gasteiger partial charge in [0.05, 0.1) is 7.85 Å². The lowest BCUT2D eigenvalue weighted by atomic mass is 9.62. The SMILES string of the molecule is [B]C1(CN)CCCCCCCCC1. The molecule has 0 aromatic carbocycles. The van der Waals surface area contributed by atoms with E-state index in [2.05, 4.69) is 0 Å². The van der Waals surface area contributed by atoms with E-state index in [1.165, 1.54) is 44.9 Å². The van der Waals surface area contributed by atoms with Crippen LogP contribution in [0, 0.1) is 0 Å². The fourth-order valence-corrected chi connectivity index (χ4v) is 2.17. The van der Waals surface area contributed by atoms with E-state index in [1.807, 2.05) is 0 Å². The van der Waals surface area contributed by atoms with Crippen molar-refractivity contribution in [3.05, 3.63) is 0 Å². The van der Waals surface area contributed by atoms with Crippen LogP contribution < -0.4 is 5.73 Å². The van der Waals surface area contributed by atoms with Gasteiger partial charge in [0.1, 0.15) is 0 Å². The van der Waals surface area contributed by atoms with E-state index in [-0.39, 0.29) is 5.31 Å². The van der Waals surface area contributed by atoms with Crippen molar-refractivity contribution in [1.29, 1.82) is 0 Å². The topological polar surface area (TPSA) is 26.0 Å². The molecule has 0 aromatic rings. The number of hydrogen-bond acceptors (Lipinski definition) is 1. The van der Waals surface area contributed by atoms with Crippen LogP contribution in [0.25, 0.3) is 0 Å². The van der Waals surface area contributed by atoms with Crippen molar-refractivity contribution in [2.45, 2.75) is 63.1 Å². The summed E-state index contributed by atoms with van der Waals surface area (Å²) in [6.45, 7) is 0.660. The highest BCUT2D eigenvalue weighted by molar-refractivity contribution is 6.15. The Hall–Kier alpha value is 0.0249. The number of hydrogen-bond donors (Lipinski definition) is 1. The third-order valence-corrected chi connectivity index (χ3v) is 3.26. The zero-order valence-electron chi connectivity index (χ0n) is 8.73. The van der Waals surface area contributed by atoms with Crippen LogP contribution in [0.1, 0.15) is 57.8 Å². The van der Waals surface area contributed by atoms with E-state index >= 15 is 0 Å². The zero-order chi connectivity index (χ0) is 9.57. The van der Waals surface area contributed by atoms with E-state index in [0.29, 0.717) is 6.54 Å². The van der Waals surface area contributed by atoms with Crippen molar-refractivity contribution >= 4 is 7.85 Å². The molecule has 0 heterocycles. The molecule has 1 rings (SSSR count). The highest BCUT2D eigenvalue weighted by atomic mass is 14.6. The highest BCUT2D eigenvalue weighted by Crippen LogP contribution is 2.35. The molecular weight excluding hydrogens is 157 g/mol. The molecule has 0 atom stereocenters. The van der Waals surface area contributed by atoms with Crippen molar-refractivity contribution in [1.82, 2.24) is 0 Å². The van der Waals surface area contributed by atoms with Crippen LogP contribution in [-0.4, -0.2) is 14.4 Å². The van der Waals surface area contributed by atoms with Crippen molar-refractivity contribution < 1.29 is 0 Å². The summed E-state index contributed by atoms with van der Waals surface area (Å²) in [7, 11) is 6.22. The Labute approximate surface area is 83.9 Å². The summed E-state index contributed by atoms with van der Waals surface area (Å²) in [6.07, 6.45) is 11.7. The van der Waals surface area contributed by atoms with Gasteiger partial charge in [-0.3, -0.25) is 0 Å². The van der Waals surface area contributed by atoms with Crippen LogP contribution in [0.2, 0.25) is 5.31 Å². The first-order chi connectivity index (χ1) is 6.27. The molecule has 1 nitrogen and oxygen atoms in total. The van der Waals surface area contributed by atoms with Gasteiger partial charge in [-0.1, -0.05) is 63.1 Å². The minimum absolute atomic E-state index is 0.0443. The van der Waals surface area contributed by atoms with Gasteiger partial charge in [-0.25, -0.2) is 0 Å². The molecule has 0 saturated heterocycles. The molecule has 1 fully saturated rings. The summed E-state index contributed by atoms with van der Waals surface area (Å²) in [6, 6.07) is 0. The van der Waals surface area contributed by atoms with Crippen molar-refractivity contribution in [3.8, 4) is 0 Å². The molecule has 0 spiro atoms. The van der Waals surface area contributed by atoms with Gasteiger partial charge < -0.3 is 5.73 Å². The molecule has 2 N–H and O–H groups in total. The maximum atomic E-state index is 6.22. The van der Waals surface area contributed by atoms with Crippen molar-refractivity contribution in [2.24, 2.45) is 5.73 Å². The summed E-state index contributed by atoms with van der Waals surface area (Å²) in [5.74, 6) is 0. The standard InChI is InChI=1S/C11H22BN/c12-11(10-13)8-6-4-2-1-3-5-7-9-11/h1-10,13H2. The Balaban J connectivity index is 2.34. The lowest BCUT2D eigenvalue weighted by Gasteiger charge is -2.29. The van der Waals surface area contributed by atoms with Gasteiger partial charge in [0.2, 0.25) is 0 Å². The first kappa shape index (κ1) is 11.1. The third kappa shape index (κ3) is 4.17. The molecule has 0 bridgehead atoms. The normalized spacial score (nSPS) is 25.3. The molecule has 2 radical (unpaired) electrons. The quantitative estimate of drug-likeness (QED) is 0.615. The number of rotatable bonds is 1. The van der Waals surface area contributed by atoms with Gasteiger partial charge in [0.15, 0.2) is 0 Å². The Morgan fingerprint density at radius 2 is 1.23 bits per heavy atom. The van der Waals surface area contributed by atoms with Crippen LogP contribution in [0.15, 0.2) is 0 Å². The first-order valence-corrected chi connectivity index (χ1v) is 5.76. The van der Waals surface area contributed by atoms with E-state index in [0.717, 1.165) is 12.8 Å². The minimum Gasteiger partial charge on any atom is -0.331 e. The van der Waals surface area contributed by atoms with E-state index in [4.69, 9.17) is 13.6 Å². The fourth-order valence-electron chi connectivity index (χ4n) is 2.17. The van der Waals surface area contributed by atoms with Gasteiger partial charge in [-0.15, -0.1) is 0 Å². The summed E-state index contributed by atoms with van der Waals surface area (Å²) in [5, 5.41) is -0.0443. The summed E-state index contributed by atoms with van der Waals surface area (Å²) < 4.78 is 0. The van der Waals surface area contributed by atoms with Crippen LogP contribution in [0.4, 0.5) is 0 Å². The zero-order valence-corrected chi connectivity index (χ0v) is 8.73. The number of nitrogens with two attached hydrogens (primary N) is 1. The molecule has 2 heteroatoms.